The Morgan fingerprint density at radius 1 is 0.971 bits per heavy atom. The lowest BCUT2D eigenvalue weighted by atomic mass is 10.1. The highest BCUT2D eigenvalue weighted by atomic mass is 32.2. The van der Waals surface area contributed by atoms with Gasteiger partial charge in [-0.15, -0.1) is 18.3 Å². The zero-order valence-electron chi connectivity index (χ0n) is 19.3. The number of carbonyl (C=O) groups excluding carboxylic acids is 3. The first kappa shape index (κ1) is 24.3. The summed E-state index contributed by atoms with van der Waals surface area (Å²) in [4.78, 5) is 39.7. The summed E-state index contributed by atoms with van der Waals surface area (Å²) in [7, 11) is 0. The number of rotatable bonds is 9. The molecule has 0 saturated carbocycles. The van der Waals surface area contributed by atoms with E-state index in [0.717, 1.165) is 12.0 Å². The fourth-order valence-corrected chi connectivity index (χ4v) is 5.13. The molecule has 3 amide bonds. The highest BCUT2D eigenvalue weighted by Crippen LogP contribution is 2.38. The maximum absolute atomic E-state index is 12.9. The summed E-state index contributed by atoms with van der Waals surface area (Å²) in [5.41, 5.74) is 3.47. The molecular weight excluding hydrogens is 458 g/mol. The van der Waals surface area contributed by atoms with Gasteiger partial charge in [-0.1, -0.05) is 60.7 Å². The number of benzene rings is 3. The zero-order valence-corrected chi connectivity index (χ0v) is 20.1. The van der Waals surface area contributed by atoms with Crippen molar-refractivity contribution in [3.05, 3.63) is 114 Å². The summed E-state index contributed by atoms with van der Waals surface area (Å²) in [5, 5.41) is 5.49. The molecule has 178 valence electrons. The van der Waals surface area contributed by atoms with Crippen LogP contribution < -0.4 is 10.6 Å². The fraction of sp³-hybridized carbons (Fsp3) is 0.179. The van der Waals surface area contributed by atoms with Crippen LogP contribution in [0.4, 0.5) is 5.69 Å². The molecule has 0 bridgehead atoms. The average Bonchev–Trinajstić information content (AvgIpc) is 3.27. The molecule has 0 spiro atoms. The Balaban J connectivity index is 1.43. The minimum Gasteiger partial charge on any atom is -0.349 e. The second-order valence-electron chi connectivity index (χ2n) is 8.11. The van der Waals surface area contributed by atoms with Crippen molar-refractivity contribution in [2.24, 2.45) is 0 Å². The molecule has 3 aromatic rings. The molecule has 1 heterocycles. The van der Waals surface area contributed by atoms with Crippen LogP contribution in [0.15, 0.2) is 91.5 Å². The van der Waals surface area contributed by atoms with Crippen molar-refractivity contribution in [1.82, 2.24) is 10.2 Å². The van der Waals surface area contributed by atoms with Crippen LogP contribution in [-0.4, -0.2) is 41.5 Å². The van der Waals surface area contributed by atoms with E-state index >= 15 is 0 Å². The number of anilines is 1. The van der Waals surface area contributed by atoms with Crippen molar-refractivity contribution in [1.29, 1.82) is 0 Å². The minimum absolute atomic E-state index is 0.0717. The number of nitrogens with zero attached hydrogens (tertiary/aromatic N) is 1. The Morgan fingerprint density at radius 3 is 2.43 bits per heavy atom. The van der Waals surface area contributed by atoms with Gasteiger partial charge in [0, 0.05) is 18.7 Å². The van der Waals surface area contributed by atoms with Gasteiger partial charge in [0.15, 0.2) is 0 Å². The van der Waals surface area contributed by atoms with E-state index in [0.29, 0.717) is 35.7 Å². The molecule has 1 atom stereocenters. The molecule has 1 aliphatic heterocycles. The van der Waals surface area contributed by atoms with Gasteiger partial charge in [-0.25, -0.2) is 0 Å². The zero-order chi connectivity index (χ0) is 24.6. The average molecular weight is 486 g/mol. The van der Waals surface area contributed by atoms with Gasteiger partial charge in [0.05, 0.1) is 17.0 Å². The van der Waals surface area contributed by atoms with Crippen LogP contribution in [0, 0.1) is 0 Å². The Morgan fingerprint density at radius 2 is 1.69 bits per heavy atom. The molecule has 1 aliphatic rings. The summed E-state index contributed by atoms with van der Waals surface area (Å²) in [6.07, 6.45) is 2.39. The van der Waals surface area contributed by atoms with E-state index in [4.69, 9.17) is 0 Å². The predicted molar refractivity (Wildman–Crippen MR) is 140 cm³/mol. The Kier molecular flexibility index (Phi) is 8.00. The Labute approximate surface area is 209 Å². The number of amides is 3. The number of hydrogen-bond acceptors (Lipinski definition) is 4. The minimum atomic E-state index is -0.309. The molecule has 6 nitrogen and oxygen atoms in total. The standard InChI is InChI=1S/C28H27N3O3S/c1-2-17-29-27(34)23-10-6-7-11-24(23)30-26(33)21-12-14-22(15-13-21)28-31(25(32)19-35-28)18-16-20-8-4-3-5-9-20/h2-15,28H,1,16-19H2,(H,29,34)(H,30,33)/t28-/m0/s1. The van der Waals surface area contributed by atoms with Crippen LogP contribution in [0.2, 0.25) is 0 Å². The van der Waals surface area contributed by atoms with E-state index in [2.05, 4.69) is 29.3 Å². The first-order chi connectivity index (χ1) is 17.1. The van der Waals surface area contributed by atoms with Gasteiger partial charge in [-0.3, -0.25) is 14.4 Å². The monoisotopic (exact) mass is 485 g/mol. The lowest BCUT2D eigenvalue weighted by Crippen LogP contribution is -2.30. The SMILES string of the molecule is C=CCNC(=O)c1ccccc1NC(=O)c1ccc([C@@H]2SCC(=O)N2CCc2ccccc2)cc1. The van der Waals surface area contributed by atoms with Crippen molar-refractivity contribution in [2.45, 2.75) is 11.8 Å². The smallest absolute Gasteiger partial charge is 0.255 e. The molecule has 4 rings (SSSR count). The van der Waals surface area contributed by atoms with E-state index in [1.807, 2.05) is 35.2 Å². The molecule has 3 aromatic carbocycles. The normalized spacial score (nSPS) is 15.0. The first-order valence-electron chi connectivity index (χ1n) is 11.4. The van der Waals surface area contributed by atoms with Gasteiger partial charge in [0.25, 0.3) is 11.8 Å². The summed E-state index contributed by atoms with van der Waals surface area (Å²) in [6.45, 7) is 4.58. The van der Waals surface area contributed by atoms with Crippen molar-refractivity contribution in [3.63, 3.8) is 0 Å². The van der Waals surface area contributed by atoms with Crippen LogP contribution in [0.25, 0.3) is 0 Å². The highest BCUT2D eigenvalue weighted by Gasteiger charge is 2.32. The molecule has 2 N–H and O–H groups in total. The van der Waals surface area contributed by atoms with Gasteiger partial charge in [0.1, 0.15) is 5.37 Å². The topological polar surface area (TPSA) is 78.5 Å². The number of nitrogens with one attached hydrogen (secondary N) is 2. The van der Waals surface area contributed by atoms with Gasteiger partial charge in [0.2, 0.25) is 5.91 Å². The largest absolute Gasteiger partial charge is 0.349 e. The highest BCUT2D eigenvalue weighted by molar-refractivity contribution is 8.00. The second kappa shape index (κ2) is 11.5. The van der Waals surface area contributed by atoms with Crippen molar-refractivity contribution in [3.8, 4) is 0 Å². The van der Waals surface area contributed by atoms with Crippen LogP contribution >= 0.6 is 11.8 Å². The molecule has 1 saturated heterocycles. The lowest BCUT2D eigenvalue weighted by Gasteiger charge is -2.24. The van der Waals surface area contributed by atoms with Crippen molar-refractivity contribution >= 4 is 35.2 Å². The Hall–Kier alpha value is -3.84. The second-order valence-corrected chi connectivity index (χ2v) is 9.18. The van der Waals surface area contributed by atoms with E-state index in [1.165, 1.54) is 5.56 Å². The third-order valence-electron chi connectivity index (χ3n) is 5.74. The third kappa shape index (κ3) is 6.00. The number of para-hydroxylation sites is 1. The molecule has 0 unspecified atom stereocenters. The quantitative estimate of drug-likeness (QED) is 0.432. The molecular formula is C28H27N3O3S. The summed E-state index contributed by atoms with van der Waals surface area (Å²) in [6, 6.07) is 24.3. The summed E-state index contributed by atoms with van der Waals surface area (Å²) in [5.74, 6) is -0.0118. The van der Waals surface area contributed by atoms with Crippen LogP contribution in [-0.2, 0) is 11.2 Å². The van der Waals surface area contributed by atoms with Crippen molar-refractivity contribution in [2.75, 3.05) is 24.2 Å². The predicted octanol–water partition coefficient (Wildman–Crippen LogP) is 4.67. The van der Waals surface area contributed by atoms with Crippen molar-refractivity contribution < 1.29 is 14.4 Å². The van der Waals surface area contributed by atoms with Gasteiger partial charge in [-0.05, 0) is 41.8 Å². The van der Waals surface area contributed by atoms with Gasteiger partial charge in [-0.2, -0.15) is 0 Å². The molecule has 1 fully saturated rings. The van der Waals surface area contributed by atoms with Crippen LogP contribution in [0.5, 0.6) is 0 Å². The molecule has 0 aromatic heterocycles. The van der Waals surface area contributed by atoms with Crippen LogP contribution in [0.3, 0.4) is 0 Å². The maximum Gasteiger partial charge on any atom is 0.255 e. The molecule has 0 radical (unpaired) electrons. The number of carbonyl (C=O) groups is 3. The molecule has 7 heteroatoms. The summed E-state index contributed by atoms with van der Waals surface area (Å²) < 4.78 is 0. The maximum atomic E-state index is 12.9. The van der Waals surface area contributed by atoms with Gasteiger partial charge >= 0.3 is 0 Å². The number of thioether (sulfide) groups is 1. The Bertz CT molecular complexity index is 1210. The molecule has 0 aliphatic carbocycles. The first-order valence-corrected chi connectivity index (χ1v) is 12.5. The third-order valence-corrected chi connectivity index (χ3v) is 6.99. The molecule has 35 heavy (non-hydrogen) atoms. The fourth-order valence-electron chi connectivity index (χ4n) is 3.91. The van der Waals surface area contributed by atoms with E-state index in [1.54, 1.807) is 54.2 Å². The van der Waals surface area contributed by atoms with E-state index in [-0.39, 0.29) is 23.1 Å². The lowest BCUT2D eigenvalue weighted by molar-refractivity contribution is -0.128. The van der Waals surface area contributed by atoms with Gasteiger partial charge < -0.3 is 15.5 Å². The summed E-state index contributed by atoms with van der Waals surface area (Å²) >= 11 is 1.60. The van der Waals surface area contributed by atoms with Crippen LogP contribution in [0.1, 0.15) is 37.2 Å². The van der Waals surface area contributed by atoms with E-state index in [9.17, 15) is 14.4 Å². The van der Waals surface area contributed by atoms with E-state index < -0.39 is 0 Å². The number of hydrogen-bond donors (Lipinski definition) is 2.